The minimum Gasteiger partial charge on any atom is -0.368 e. The number of amides is 2. The molecule has 2 amide bonds. The third-order valence-corrected chi connectivity index (χ3v) is 10.1. The van der Waals surface area contributed by atoms with Gasteiger partial charge in [0.1, 0.15) is 0 Å². The highest BCUT2D eigenvalue weighted by molar-refractivity contribution is 7.91. The molecular weight excluding hydrogens is 593 g/mol. The van der Waals surface area contributed by atoms with E-state index >= 15 is 0 Å². The number of sulfone groups is 1. The van der Waals surface area contributed by atoms with Gasteiger partial charge < -0.3 is 14.7 Å². The molecule has 2 aliphatic heterocycles. The molecule has 2 heterocycles. The standard InChI is InChI=1S/C32H27Cl2N3O4S/c1-21-6-10-25(34)19-27(21)35-14-16-36(17-15-35)31(38)23-9-13-30-28(18-23)37(20-22-7-11-24(33)12-8-22)32(39)26-4-2-3-5-29(26)42(30,40)41/h2-13,18-19H,14-17,20H2,1H3. The van der Waals surface area contributed by atoms with E-state index in [2.05, 4.69) is 4.90 Å². The first-order valence-electron chi connectivity index (χ1n) is 13.5. The molecule has 0 saturated carbocycles. The molecule has 0 atom stereocenters. The van der Waals surface area contributed by atoms with Gasteiger partial charge in [-0.2, -0.15) is 0 Å². The van der Waals surface area contributed by atoms with Crippen LogP contribution in [0.25, 0.3) is 0 Å². The zero-order valence-electron chi connectivity index (χ0n) is 22.8. The lowest BCUT2D eigenvalue weighted by Crippen LogP contribution is -2.49. The second-order valence-corrected chi connectivity index (χ2v) is 13.2. The molecule has 214 valence electrons. The van der Waals surface area contributed by atoms with Crippen molar-refractivity contribution in [1.82, 2.24) is 4.90 Å². The Bertz CT molecular complexity index is 1820. The first-order valence-corrected chi connectivity index (χ1v) is 15.7. The average Bonchev–Trinajstić information content (AvgIpc) is 3.07. The van der Waals surface area contributed by atoms with E-state index in [0.29, 0.717) is 41.8 Å². The fraction of sp³-hybridized carbons (Fsp3) is 0.188. The predicted octanol–water partition coefficient (Wildman–Crippen LogP) is 6.26. The van der Waals surface area contributed by atoms with Crippen molar-refractivity contribution in [3.8, 4) is 0 Å². The van der Waals surface area contributed by atoms with Crippen LogP contribution in [0.1, 0.15) is 31.8 Å². The Morgan fingerprint density at radius 1 is 0.786 bits per heavy atom. The number of halogens is 2. The maximum Gasteiger partial charge on any atom is 0.259 e. The quantitative estimate of drug-likeness (QED) is 0.269. The van der Waals surface area contributed by atoms with Crippen LogP contribution in [0.15, 0.2) is 94.7 Å². The summed E-state index contributed by atoms with van der Waals surface area (Å²) in [7, 11) is -4.04. The van der Waals surface area contributed by atoms with Crippen molar-refractivity contribution in [1.29, 1.82) is 0 Å². The van der Waals surface area contributed by atoms with Gasteiger partial charge in [-0.05, 0) is 72.6 Å². The molecule has 1 saturated heterocycles. The van der Waals surface area contributed by atoms with Crippen molar-refractivity contribution in [2.75, 3.05) is 36.0 Å². The van der Waals surface area contributed by atoms with Crippen LogP contribution in [0.4, 0.5) is 11.4 Å². The lowest BCUT2D eigenvalue weighted by molar-refractivity contribution is 0.0746. The van der Waals surface area contributed by atoms with Crippen molar-refractivity contribution < 1.29 is 18.0 Å². The van der Waals surface area contributed by atoms with Gasteiger partial charge in [0.25, 0.3) is 11.8 Å². The van der Waals surface area contributed by atoms with E-state index in [4.69, 9.17) is 23.2 Å². The Morgan fingerprint density at radius 3 is 2.21 bits per heavy atom. The smallest absolute Gasteiger partial charge is 0.259 e. The molecule has 0 unspecified atom stereocenters. The molecule has 42 heavy (non-hydrogen) atoms. The molecule has 0 N–H and O–H groups in total. The van der Waals surface area contributed by atoms with Crippen LogP contribution in [0.2, 0.25) is 10.0 Å². The van der Waals surface area contributed by atoms with Crippen LogP contribution >= 0.6 is 23.2 Å². The number of aryl methyl sites for hydroxylation is 1. The largest absolute Gasteiger partial charge is 0.368 e. The van der Waals surface area contributed by atoms with E-state index in [-0.39, 0.29) is 33.5 Å². The predicted molar refractivity (Wildman–Crippen MR) is 165 cm³/mol. The van der Waals surface area contributed by atoms with Crippen molar-refractivity contribution in [3.05, 3.63) is 117 Å². The maximum absolute atomic E-state index is 13.9. The van der Waals surface area contributed by atoms with Gasteiger partial charge in [0.2, 0.25) is 9.84 Å². The molecule has 4 aromatic carbocycles. The monoisotopic (exact) mass is 619 g/mol. The van der Waals surface area contributed by atoms with Crippen molar-refractivity contribution in [3.63, 3.8) is 0 Å². The van der Waals surface area contributed by atoms with Gasteiger partial charge in [-0.1, -0.05) is 53.5 Å². The van der Waals surface area contributed by atoms with Crippen LogP contribution in [0.3, 0.4) is 0 Å². The molecule has 6 rings (SSSR count). The van der Waals surface area contributed by atoms with Crippen LogP contribution < -0.4 is 9.80 Å². The van der Waals surface area contributed by atoms with Gasteiger partial charge in [-0.25, -0.2) is 8.42 Å². The molecule has 7 nitrogen and oxygen atoms in total. The Morgan fingerprint density at radius 2 is 1.48 bits per heavy atom. The van der Waals surface area contributed by atoms with Gasteiger partial charge in [0.15, 0.2) is 0 Å². The van der Waals surface area contributed by atoms with E-state index in [1.807, 2.05) is 25.1 Å². The molecule has 0 aliphatic carbocycles. The molecule has 0 spiro atoms. The number of benzene rings is 4. The Kier molecular flexibility index (Phi) is 7.47. The number of hydrogen-bond donors (Lipinski definition) is 0. The number of carbonyl (C=O) groups is 2. The van der Waals surface area contributed by atoms with Crippen LogP contribution in [0, 0.1) is 6.92 Å². The third-order valence-electron chi connectivity index (χ3n) is 7.77. The molecular formula is C32H27Cl2N3O4S. The number of piperazine rings is 1. The zero-order valence-corrected chi connectivity index (χ0v) is 25.1. The minimum atomic E-state index is -4.04. The molecule has 2 aliphatic rings. The summed E-state index contributed by atoms with van der Waals surface area (Å²) >= 11 is 12.3. The summed E-state index contributed by atoms with van der Waals surface area (Å²) < 4.78 is 27.6. The second kappa shape index (κ2) is 11.1. The number of nitrogens with zero attached hydrogens (tertiary/aromatic N) is 3. The first kappa shape index (κ1) is 28.3. The maximum atomic E-state index is 13.9. The molecule has 0 bridgehead atoms. The van der Waals surface area contributed by atoms with E-state index in [1.54, 1.807) is 41.3 Å². The second-order valence-electron chi connectivity index (χ2n) is 10.4. The average molecular weight is 621 g/mol. The fourth-order valence-corrected chi connectivity index (χ4v) is 7.45. The van der Waals surface area contributed by atoms with E-state index in [1.165, 1.54) is 35.2 Å². The molecule has 0 aromatic heterocycles. The summed E-state index contributed by atoms with van der Waals surface area (Å²) in [6.45, 7) is 4.36. The highest BCUT2D eigenvalue weighted by Gasteiger charge is 2.36. The molecule has 4 aromatic rings. The fourth-order valence-electron chi connectivity index (χ4n) is 5.53. The SMILES string of the molecule is Cc1ccc(Cl)cc1N1CCN(C(=O)c2ccc3c(c2)N(Cc2ccc(Cl)cc2)C(=O)c2ccccc2S3(=O)=O)CC1. The van der Waals surface area contributed by atoms with Crippen LogP contribution in [-0.2, 0) is 16.4 Å². The van der Waals surface area contributed by atoms with Gasteiger partial charge in [0, 0.05) is 47.5 Å². The number of anilines is 2. The zero-order chi connectivity index (χ0) is 29.6. The summed E-state index contributed by atoms with van der Waals surface area (Å²) in [6, 6.07) is 23.5. The number of fused-ring (bicyclic) bond motifs is 2. The third kappa shape index (κ3) is 5.15. The normalized spacial score (nSPS) is 16.1. The Labute approximate surface area is 254 Å². The number of hydrogen-bond acceptors (Lipinski definition) is 5. The lowest BCUT2D eigenvalue weighted by atomic mass is 10.1. The van der Waals surface area contributed by atoms with Crippen molar-refractivity contribution >= 4 is 56.2 Å². The summed E-state index contributed by atoms with van der Waals surface area (Å²) in [4.78, 5) is 32.9. The van der Waals surface area contributed by atoms with Gasteiger partial charge >= 0.3 is 0 Å². The summed E-state index contributed by atoms with van der Waals surface area (Å²) in [5, 5.41) is 1.21. The van der Waals surface area contributed by atoms with E-state index in [0.717, 1.165) is 16.8 Å². The molecule has 10 heteroatoms. The lowest BCUT2D eigenvalue weighted by Gasteiger charge is -2.37. The topological polar surface area (TPSA) is 78.0 Å². The minimum absolute atomic E-state index is 0.0208. The van der Waals surface area contributed by atoms with Gasteiger partial charge in [-0.3, -0.25) is 9.59 Å². The number of rotatable bonds is 4. The molecule has 0 radical (unpaired) electrons. The highest BCUT2D eigenvalue weighted by Crippen LogP contribution is 2.38. The Hall–Kier alpha value is -3.85. The number of carbonyl (C=O) groups excluding carboxylic acids is 2. The summed E-state index contributed by atoms with van der Waals surface area (Å²) in [6.07, 6.45) is 0. The summed E-state index contributed by atoms with van der Waals surface area (Å²) in [5.74, 6) is -0.684. The van der Waals surface area contributed by atoms with Crippen LogP contribution in [-0.4, -0.2) is 51.3 Å². The highest BCUT2D eigenvalue weighted by atomic mass is 35.5. The van der Waals surface area contributed by atoms with Crippen molar-refractivity contribution in [2.24, 2.45) is 0 Å². The molecule has 1 fully saturated rings. The summed E-state index contributed by atoms with van der Waals surface area (Å²) in [5.41, 5.74) is 3.49. The van der Waals surface area contributed by atoms with Gasteiger partial charge in [0.05, 0.1) is 27.6 Å². The Balaban J connectivity index is 1.34. The van der Waals surface area contributed by atoms with Gasteiger partial charge in [-0.15, -0.1) is 0 Å². The van der Waals surface area contributed by atoms with E-state index in [9.17, 15) is 18.0 Å². The van der Waals surface area contributed by atoms with Crippen molar-refractivity contribution in [2.45, 2.75) is 23.3 Å². The van der Waals surface area contributed by atoms with E-state index < -0.39 is 15.7 Å². The van der Waals surface area contributed by atoms with Crippen LogP contribution in [0.5, 0.6) is 0 Å². The first-order chi connectivity index (χ1) is 20.1.